The van der Waals surface area contributed by atoms with E-state index in [0.717, 1.165) is 0 Å². The van der Waals surface area contributed by atoms with E-state index in [4.69, 9.17) is 0 Å². The number of hydrogen-bond donors (Lipinski definition) is 0. The number of unbranched alkanes of at least 4 members (excludes halogenated alkanes) is 17. The summed E-state index contributed by atoms with van der Waals surface area (Å²) in [5, 5.41) is 0. The predicted octanol–water partition coefficient (Wildman–Crippen LogP) is 8.97. The Balaban J connectivity index is 1.94. The highest BCUT2D eigenvalue weighted by Crippen LogP contribution is 2.13. The highest BCUT2D eigenvalue weighted by molar-refractivity contribution is 5.05. The summed E-state index contributed by atoms with van der Waals surface area (Å²) in [6, 6.07) is 4.56. The Hall–Kier alpha value is -0.850. The Bertz CT molecular complexity index is 453. The number of pyridine rings is 1. The van der Waals surface area contributed by atoms with Crippen LogP contribution in [0.4, 0.5) is 0 Å². The van der Waals surface area contributed by atoms with Gasteiger partial charge in [-0.1, -0.05) is 117 Å². The van der Waals surface area contributed by atoms with Crippen LogP contribution in [0.2, 0.25) is 0 Å². The summed E-state index contributed by atoms with van der Waals surface area (Å²) in [6.45, 7) is 5.78. The van der Waals surface area contributed by atoms with E-state index >= 15 is 0 Å². The normalized spacial score (nSPS) is 11.2. The van der Waals surface area contributed by atoms with Crippen LogP contribution in [-0.2, 0) is 13.0 Å². The van der Waals surface area contributed by atoms with Gasteiger partial charge in [0.1, 0.15) is 6.54 Å². The van der Waals surface area contributed by atoms with Crippen LogP contribution < -0.4 is 4.57 Å². The van der Waals surface area contributed by atoms with E-state index in [0.29, 0.717) is 0 Å². The third kappa shape index (κ3) is 16.6. The highest BCUT2D eigenvalue weighted by atomic mass is 14.9. The van der Waals surface area contributed by atoms with Crippen molar-refractivity contribution >= 4 is 0 Å². The molecule has 29 heavy (non-hydrogen) atoms. The largest absolute Gasteiger partial charge is 0.205 e. The molecule has 0 atom stereocenters. The second-order valence-corrected chi connectivity index (χ2v) is 9.21. The van der Waals surface area contributed by atoms with Gasteiger partial charge in [-0.25, -0.2) is 4.57 Å². The third-order valence-corrected chi connectivity index (χ3v) is 6.26. The van der Waals surface area contributed by atoms with Gasteiger partial charge in [0.25, 0.3) is 0 Å². The number of aryl methyl sites for hydroxylation is 2. The van der Waals surface area contributed by atoms with Crippen LogP contribution in [0.25, 0.3) is 0 Å². The summed E-state index contributed by atoms with van der Waals surface area (Å²) in [4.78, 5) is 0. The highest BCUT2D eigenvalue weighted by Gasteiger charge is 2.03. The van der Waals surface area contributed by atoms with Gasteiger partial charge < -0.3 is 0 Å². The standard InChI is InChI=1S/C28H52N/c1-3-5-7-9-11-12-13-14-15-16-17-18-20-23-28-24-22-26-29(27-28)25-21-19-10-8-6-4-2/h22,24,26-27H,3-21,23,25H2,1-2H3/q+1. The molecule has 1 heterocycles. The summed E-state index contributed by atoms with van der Waals surface area (Å²) in [5.41, 5.74) is 1.53. The lowest BCUT2D eigenvalue weighted by Gasteiger charge is -2.04. The van der Waals surface area contributed by atoms with Crippen LogP contribution in [0.15, 0.2) is 24.5 Å². The van der Waals surface area contributed by atoms with E-state index in [1.165, 1.54) is 141 Å². The van der Waals surface area contributed by atoms with Gasteiger partial charge in [0.05, 0.1) is 0 Å². The molecule has 1 aromatic heterocycles. The van der Waals surface area contributed by atoms with Gasteiger partial charge in [-0.3, -0.25) is 0 Å². The zero-order chi connectivity index (χ0) is 20.8. The van der Waals surface area contributed by atoms with Crippen molar-refractivity contribution < 1.29 is 4.57 Å². The van der Waals surface area contributed by atoms with Crippen molar-refractivity contribution in [3.05, 3.63) is 30.1 Å². The molecule has 0 aliphatic carbocycles. The Kier molecular flexibility index (Phi) is 18.4. The van der Waals surface area contributed by atoms with Gasteiger partial charge >= 0.3 is 0 Å². The summed E-state index contributed by atoms with van der Waals surface area (Å²) in [6.07, 6.45) is 32.9. The fourth-order valence-electron chi connectivity index (χ4n) is 4.28. The van der Waals surface area contributed by atoms with Crippen molar-refractivity contribution in [2.24, 2.45) is 0 Å². The van der Waals surface area contributed by atoms with Gasteiger partial charge in [-0.2, -0.15) is 0 Å². The van der Waals surface area contributed by atoms with Crippen LogP contribution in [0.3, 0.4) is 0 Å². The minimum Gasteiger partial charge on any atom is -0.205 e. The van der Waals surface area contributed by atoms with Crippen LogP contribution in [0, 0.1) is 0 Å². The zero-order valence-corrected chi connectivity index (χ0v) is 20.1. The molecule has 0 radical (unpaired) electrons. The second kappa shape index (κ2) is 20.4. The Morgan fingerprint density at radius 2 is 1.00 bits per heavy atom. The summed E-state index contributed by atoms with van der Waals surface area (Å²) >= 11 is 0. The molecule has 0 unspecified atom stereocenters. The van der Waals surface area contributed by atoms with Crippen LogP contribution in [-0.4, -0.2) is 0 Å². The Morgan fingerprint density at radius 1 is 0.552 bits per heavy atom. The van der Waals surface area contributed by atoms with E-state index in [-0.39, 0.29) is 0 Å². The average Bonchev–Trinajstić information content (AvgIpc) is 2.74. The molecule has 0 bridgehead atoms. The number of rotatable bonds is 21. The molecule has 0 saturated carbocycles. The Morgan fingerprint density at radius 3 is 1.52 bits per heavy atom. The Labute approximate surface area is 183 Å². The lowest BCUT2D eigenvalue weighted by molar-refractivity contribution is -0.697. The summed E-state index contributed by atoms with van der Waals surface area (Å²) in [5.74, 6) is 0. The molecule has 1 nitrogen and oxygen atoms in total. The van der Waals surface area contributed by atoms with Crippen LogP contribution >= 0.6 is 0 Å². The van der Waals surface area contributed by atoms with Crippen LogP contribution in [0.1, 0.15) is 141 Å². The smallest absolute Gasteiger partial charge is 0.171 e. The summed E-state index contributed by atoms with van der Waals surface area (Å²) in [7, 11) is 0. The van der Waals surface area contributed by atoms with Crippen molar-refractivity contribution in [3.8, 4) is 0 Å². The molecule has 0 aliphatic rings. The maximum Gasteiger partial charge on any atom is 0.171 e. The first-order chi connectivity index (χ1) is 14.4. The first-order valence-corrected chi connectivity index (χ1v) is 13.3. The van der Waals surface area contributed by atoms with Crippen LogP contribution in [0.5, 0.6) is 0 Å². The first kappa shape index (κ1) is 26.2. The summed E-state index contributed by atoms with van der Waals surface area (Å²) < 4.78 is 2.41. The quantitative estimate of drug-likeness (QED) is 0.143. The fourth-order valence-corrected chi connectivity index (χ4v) is 4.28. The molecule has 0 aliphatic heterocycles. The van der Waals surface area contributed by atoms with Crippen molar-refractivity contribution in [3.63, 3.8) is 0 Å². The predicted molar refractivity (Wildman–Crippen MR) is 129 cm³/mol. The maximum absolute atomic E-state index is 2.41. The number of aromatic nitrogens is 1. The molecule has 0 aromatic carbocycles. The van der Waals surface area contributed by atoms with Gasteiger partial charge in [-0.15, -0.1) is 0 Å². The monoisotopic (exact) mass is 402 g/mol. The minimum atomic E-state index is 1.19. The van der Waals surface area contributed by atoms with E-state index in [1.807, 2.05) is 0 Å². The molecule has 0 amide bonds. The van der Waals surface area contributed by atoms with E-state index in [1.54, 1.807) is 0 Å². The second-order valence-electron chi connectivity index (χ2n) is 9.21. The molecule has 1 rings (SSSR count). The van der Waals surface area contributed by atoms with Gasteiger partial charge in [0.15, 0.2) is 12.4 Å². The number of nitrogens with zero attached hydrogens (tertiary/aromatic N) is 1. The molecule has 0 saturated heterocycles. The molecular weight excluding hydrogens is 350 g/mol. The lowest BCUT2D eigenvalue weighted by atomic mass is 10.0. The minimum absolute atomic E-state index is 1.19. The molecule has 1 heteroatoms. The maximum atomic E-state index is 2.41. The SMILES string of the molecule is CCCCCCCCCCCCCCCc1ccc[n+](CCCCCCCC)c1. The molecule has 168 valence electrons. The fraction of sp³-hybridized carbons (Fsp3) is 0.821. The van der Waals surface area contributed by atoms with E-state index in [9.17, 15) is 0 Å². The van der Waals surface area contributed by atoms with Gasteiger partial charge in [0, 0.05) is 18.1 Å². The third-order valence-electron chi connectivity index (χ3n) is 6.26. The number of hydrogen-bond acceptors (Lipinski definition) is 0. The van der Waals surface area contributed by atoms with Gasteiger partial charge in [-0.05, 0) is 25.3 Å². The molecule has 1 aromatic rings. The molecule has 0 fully saturated rings. The van der Waals surface area contributed by atoms with E-state index < -0.39 is 0 Å². The van der Waals surface area contributed by atoms with E-state index in [2.05, 4.69) is 42.9 Å². The zero-order valence-electron chi connectivity index (χ0n) is 20.1. The van der Waals surface area contributed by atoms with Crippen molar-refractivity contribution in [2.45, 2.75) is 149 Å². The molecular formula is C28H52N+. The van der Waals surface area contributed by atoms with Crippen molar-refractivity contribution in [1.29, 1.82) is 0 Å². The van der Waals surface area contributed by atoms with Crippen molar-refractivity contribution in [2.75, 3.05) is 0 Å². The first-order valence-electron chi connectivity index (χ1n) is 13.3. The van der Waals surface area contributed by atoms with Crippen molar-refractivity contribution in [1.82, 2.24) is 0 Å². The molecule has 0 N–H and O–H groups in total. The average molecular weight is 403 g/mol. The lowest BCUT2D eigenvalue weighted by Crippen LogP contribution is -2.33. The van der Waals surface area contributed by atoms with Gasteiger partial charge in [0.2, 0.25) is 0 Å². The molecule has 0 spiro atoms. The topological polar surface area (TPSA) is 3.88 Å².